The molecule has 0 aliphatic heterocycles. The summed E-state index contributed by atoms with van der Waals surface area (Å²) in [6, 6.07) is 6.28. The topological polar surface area (TPSA) is 37.3 Å². The van der Waals surface area contributed by atoms with Gasteiger partial charge < -0.3 is 5.11 Å². The summed E-state index contributed by atoms with van der Waals surface area (Å²) in [6.45, 7) is 0. The molecule has 1 N–H and O–H groups in total. The van der Waals surface area contributed by atoms with Crippen LogP contribution in [0.25, 0.3) is 0 Å². The van der Waals surface area contributed by atoms with E-state index in [1.54, 1.807) is 24.3 Å². The zero-order valence-electron chi connectivity index (χ0n) is 8.56. The molecule has 1 aromatic carbocycles. The molecule has 0 heterocycles. The molecule has 3 heteroatoms. The smallest absolute Gasteiger partial charge is 0.335 e. The van der Waals surface area contributed by atoms with Crippen LogP contribution in [-0.4, -0.2) is 11.1 Å². The summed E-state index contributed by atoms with van der Waals surface area (Å²) in [7, 11) is 0. The van der Waals surface area contributed by atoms with E-state index in [4.69, 9.17) is 5.11 Å². The highest BCUT2D eigenvalue weighted by molar-refractivity contribution is 5.90. The van der Waals surface area contributed by atoms with Crippen molar-refractivity contribution in [2.75, 3.05) is 0 Å². The van der Waals surface area contributed by atoms with E-state index in [-0.39, 0.29) is 11.7 Å². The lowest BCUT2D eigenvalue weighted by Crippen LogP contribution is -2.04. The predicted octanol–water partition coefficient (Wildman–Crippen LogP) is 2.88. The Bertz CT molecular complexity index is 457. The molecule has 82 valence electrons. The van der Waals surface area contributed by atoms with Crippen molar-refractivity contribution in [3.8, 4) is 0 Å². The summed E-state index contributed by atoms with van der Waals surface area (Å²) in [5.41, 5.74) is 1.32. The molecular formula is C13H11FO2. The van der Waals surface area contributed by atoms with E-state index < -0.39 is 5.97 Å². The van der Waals surface area contributed by atoms with Crippen molar-refractivity contribution in [3.05, 3.63) is 59.4 Å². The minimum atomic E-state index is -0.909. The number of hydrogen-bond acceptors (Lipinski definition) is 1. The second-order valence-electron chi connectivity index (χ2n) is 3.72. The maximum Gasteiger partial charge on any atom is 0.335 e. The maximum absolute atomic E-state index is 12.7. The molecule has 0 saturated heterocycles. The predicted molar refractivity (Wildman–Crippen MR) is 58.6 cm³/mol. The van der Waals surface area contributed by atoms with Crippen molar-refractivity contribution in [1.82, 2.24) is 0 Å². The van der Waals surface area contributed by atoms with E-state index in [0.717, 1.165) is 5.56 Å². The lowest BCUT2D eigenvalue weighted by atomic mass is 9.90. The third-order valence-electron chi connectivity index (χ3n) is 2.64. The standard InChI is InChI=1S/C13H11FO2/c14-12-7-5-10(6-8-12)9-1-3-11(4-2-9)13(15)16/h1,3-9H,2H2,(H,15,16). The Kier molecular flexibility index (Phi) is 2.86. The van der Waals surface area contributed by atoms with Crippen molar-refractivity contribution >= 4 is 5.97 Å². The van der Waals surface area contributed by atoms with E-state index >= 15 is 0 Å². The molecule has 0 radical (unpaired) electrons. The Labute approximate surface area is 92.7 Å². The molecule has 1 unspecified atom stereocenters. The van der Waals surface area contributed by atoms with E-state index in [2.05, 4.69) is 0 Å². The van der Waals surface area contributed by atoms with Crippen molar-refractivity contribution in [1.29, 1.82) is 0 Å². The molecule has 2 nitrogen and oxygen atoms in total. The molecule has 2 rings (SSSR count). The van der Waals surface area contributed by atoms with Crippen LogP contribution in [0, 0.1) is 5.82 Å². The third-order valence-corrected chi connectivity index (χ3v) is 2.64. The summed E-state index contributed by atoms with van der Waals surface area (Å²) >= 11 is 0. The first kappa shape index (κ1) is 10.6. The lowest BCUT2D eigenvalue weighted by molar-refractivity contribution is -0.132. The van der Waals surface area contributed by atoms with Crippen LogP contribution in [0.4, 0.5) is 4.39 Å². The molecule has 1 aliphatic carbocycles. The number of carboxylic acids is 1. The first-order chi connectivity index (χ1) is 7.66. The Balaban J connectivity index is 2.14. The van der Waals surface area contributed by atoms with E-state index in [1.165, 1.54) is 12.1 Å². The fourth-order valence-corrected chi connectivity index (χ4v) is 1.74. The average molecular weight is 218 g/mol. The number of aliphatic carboxylic acids is 1. The van der Waals surface area contributed by atoms with E-state index in [9.17, 15) is 9.18 Å². The molecule has 1 aliphatic rings. The highest BCUT2D eigenvalue weighted by Crippen LogP contribution is 2.26. The van der Waals surface area contributed by atoms with E-state index in [1.807, 2.05) is 6.08 Å². The average Bonchev–Trinajstić information content (AvgIpc) is 2.30. The number of allylic oxidation sites excluding steroid dienone is 2. The molecule has 1 aromatic rings. The molecule has 1 atom stereocenters. The summed E-state index contributed by atoms with van der Waals surface area (Å²) in [5, 5.41) is 8.76. The second kappa shape index (κ2) is 4.31. The third kappa shape index (κ3) is 2.19. The van der Waals surface area contributed by atoms with Gasteiger partial charge in [-0.25, -0.2) is 9.18 Å². The maximum atomic E-state index is 12.7. The molecule has 0 spiro atoms. The molecule has 0 bridgehead atoms. The van der Waals surface area contributed by atoms with Gasteiger partial charge in [-0.1, -0.05) is 30.4 Å². The number of halogens is 1. The van der Waals surface area contributed by atoms with E-state index in [0.29, 0.717) is 12.0 Å². The zero-order valence-corrected chi connectivity index (χ0v) is 8.56. The van der Waals surface area contributed by atoms with Crippen LogP contribution in [0.1, 0.15) is 17.9 Å². The van der Waals surface area contributed by atoms with Crippen LogP contribution < -0.4 is 0 Å². The molecule has 16 heavy (non-hydrogen) atoms. The minimum Gasteiger partial charge on any atom is -0.478 e. The summed E-state index contributed by atoms with van der Waals surface area (Å²) < 4.78 is 12.7. The Morgan fingerprint density at radius 2 is 2.00 bits per heavy atom. The van der Waals surface area contributed by atoms with Crippen LogP contribution in [0.3, 0.4) is 0 Å². The van der Waals surface area contributed by atoms with Gasteiger partial charge in [-0.15, -0.1) is 0 Å². The van der Waals surface area contributed by atoms with Gasteiger partial charge in [0.15, 0.2) is 0 Å². The van der Waals surface area contributed by atoms with Gasteiger partial charge in [0.2, 0.25) is 0 Å². The van der Waals surface area contributed by atoms with Gasteiger partial charge in [-0.3, -0.25) is 0 Å². The van der Waals surface area contributed by atoms with Crippen molar-refractivity contribution in [2.45, 2.75) is 12.3 Å². The first-order valence-electron chi connectivity index (χ1n) is 5.04. The molecule has 0 amide bonds. The normalized spacial score (nSPS) is 19.3. The molecule has 0 aromatic heterocycles. The van der Waals surface area contributed by atoms with Gasteiger partial charge in [0, 0.05) is 5.92 Å². The number of rotatable bonds is 2. The van der Waals surface area contributed by atoms with Crippen LogP contribution in [0.5, 0.6) is 0 Å². The number of hydrogen-bond donors (Lipinski definition) is 1. The number of benzene rings is 1. The Morgan fingerprint density at radius 3 is 2.50 bits per heavy atom. The SMILES string of the molecule is O=C(O)C1=CCC(c2ccc(F)cc2)C=C1. The zero-order chi connectivity index (χ0) is 11.5. The van der Waals surface area contributed by atoms with Gasteiger partial charge >= 0.3 is 5.97 Å². The van der Waals surface area contributed by atoms with Crippen LogP contribution in [0.15, 0.2) is 48.1 Å². The quantitative estimate of drug-likeness (QED) is 0.828. The Morgan fingerprint density at radius 1 is 1.31 bits per heavy atom. The fourth-order valence-electron chi connectivity index (χ4n) is 1.74. The second-order valence-corrected chi connectivity index (χ2v) is 3.72. The summed E-state index contributed by atoms with van der Waals surface area (Å²) in [5.74, 6) is -1.03. The van der Waals surface area contributed by atoms with Gasteiger partial charge in [0.05, 0.1) is 5.57 Å². The van der Waals surface area contributed by atoms with Crippen LogP contribution in [0.2, 0.25) is 0 Å². The van der Waals surface area contributed by atoms with Gasteiger partial charge in [-0.05, 0) is 24.1 Å². The van der Waals surface area contributed by atoms with Crippen molar-refractivity contribution < 1.29 is 14.3 Å². The monoisotopic (exact) mass is 218 g/mol. The molecule has 0 fully saturated rings. The van der Waals surface area contributed by atoms with Crippen LogP contribution >= 0.6 is 0 Å². The van der Waals surface area contributed by atoms with Crippen molar-refractivity contribution in [3.63, 3.8) is 0 Å². The Hall–Kier alpha value is -1.90. The van der Waals surface area contributed by atoms with Crippen molar-refractivity contribution in [2.24, 2.45) is 0 Å². The number of carbonyl (C=O) groups is 1. The van der Waals surface area contributed by atoms with Gasteiger partial charge in [-0.2, -0.15) is 0 Å². The van der Waals surface area contributed by atoms with Crippen LogP contribution in [-0.2, 0) is 4.79 Å². The summed E-state index contributed by atoms with van der Waals surface area (Å²) in [4.78, 5) is 10.7. The van der Waals surface area contributed by atoms with Gasteiger partial charge in [0.25, 0.3) is 0 Å². The van der Waals surface area contributed by atoms with Gasteiger partial charge in [0.1, 0.15) is 5.82 Å². The minimum absolute atomic E-state index is 0.142. The fraction of sp³-hybridized carbons (Fsp3) is 0.154. The summed E-state index contributed by atoms with van der Waals surface area (Å²) in [6.07, 6.45) is 5.77. The molecule has 0 saturated carbocycles. The molecular weight excluding hydrogens is 207 g/mol. The highest BCUT2D eigenvalue weighted by Gasteiger charge is 2.13. The first-order valence-corrected chi connectivity index (χ1v) is 5.04. The largest absolute Gasteiger partial charge is 0.478 e. The number of carboxylic acid groups (broad SMARTS) is 1. The highest BCUT2D eigenvalue weighted by atomic mass is 19.1. The lowest BCUT2D eigenvalue weighted by Gasteiger charge is -2.14.